The van der Waals surface area contributed by atoms with Crippen LogP contribution in [0.3, 0.4) is 0 Å². The Morgan fingerprint density at radius 2 is 2.16 bits per heavy atom. The molecule has 6 nitrogen and oxygen atoms in total. The predicted octanol–water partition coefficient (Wildman–Crippen LogP) is 1.11. The second-order valence-electron chi connectivity index (χ2n) is 4.08. The predicted molar refractivity (Wildman–Crippen MR) is 71.5 cm³/mol. The summed E-state index contributed by atoms with van der Waals surface area (Å²) < 4.78 is 1.10. The molecule has 2 N–H and O–H groups in total. The molecule has 0 spiro atoms. The SMILES string of the molecule is O=c1[nH]c2nc[nH]c2c(=O)n1Cc1cccc(Cl)c1. The molecule has 2 heterocycles. The van der Waals surface area contributed by atoms with Crippen LogP contribution in [-0.2, 0) is 6.54 Å². The van der Waals surface area contributed by atoms with Gasteiger partial charge < -0.3 is 4.98 Å². The van der Waals surface area contributed by atoms with Gasteiger partial charge in [-0.05, 0) is 17.7 Å². The molecule has 0 atom stereocenters. The molecular formula is C12H9ClN4O2. The number of halogens is 1. The number of rotatable bonds is 2. The van der Waals surface area contributed by atoms with Gasteiger partial charge in [-0.25, -0.2) is 9.78 Å². The van der Waals surface area contributed by atoms with Gasteiger partial charge in [-0.15, -0.1) is 0 Å². The van der Waals surface area contributed by atoms with Crippen LogP contribution in [0.5, 0.6) is 0 Å². The molecule has 2 aromatic heterocycles. The first-order chi connectivity index (χ1) is 9.15. The summed E-state index contributed by atoms with van der Waals surface area (Å²) in [6.45, 7) is 0.156. The zero-order valence-electron chi connectivity index (χ0n) is 9.68. The number of imidazole rings is 1. The van der Waals surface area contributed by atoms with Crippen LogP contribution in [0, 0.1) is 0 Å². The second kappa shape index (κ2) is 4.40. The molecule has 0 saturated carbocycles. The van der Waals surface area contributed by atoms with Gasteiger partial charge in [0.1, 0.15) is 5.52 Å². The van der Waals surface area contributed by atoms with E-state index in [1.807, 2.05) is 0 Å². The van der Waals surface area contributed by atoms with Crippen LogP contribution in [-0.4, -0.2) is 19.5 Å². The molecular weight excluding hydrogens is 268 g/mol. The maximum Gasteiger partial charge on any atom is 0.330 e. The van der Waals surface area contributed by atoms with Crippen molar-refractivity contribution in [3.63, 3.8) is 0 Å². The Hall–Kier alpha value is -2.34. The lowest BCUT2D eigenvalue weighted by Crippen LogP contribution is -2.35. The van der Waals surface area contributed by atoms with Crippen molar-refractivity contribution in [3.05, 3.63) is 62.0 Å². The normalized spacial score (nSPS) is 11.0. The van der Waals surface area contributed by atoms with Crippen LogP contribution in [0.1, 0.15) is 5.56 Å². The molecule has 0 aliphatic rings. The van der Waals surface area contributed by atoms with E-state index in [9.17, 15) is 9.59 Å². The maximum atomic E-state index is 12.1. The smallest absolute Gasteiger partial charge is 0.330 e. The molecule has 0 aliphatic carbocycles. The van der Waals surface area contributed by atoms with Gasteiger partial charge in [0.15, 0.2) is 5.65 Å². The first kappa shape index (κ1) is 11.7. The van der Waals surface area contributed by atoms with E-state index in [0.29, 0.717) is 5.02 Å². The van der Waals surface area contributed by atoms with Crippen LogP contribution in [0.15, 0.2) is 40.2 Å². The number of H-pyrrole nitrogens is 2. The summed E-state index contributed by atoms with van der Waals surface area (Å²) in [5.74, 6) is 0. The minimum absolute atomic E-state index is 0.156. The van der Waals surface area contributed by atoms with Crippen molar-refractivity contribution in [1.29, 1.82) is 0 Å². The summed E-state index contributed by atoms with van der Waals surface area (Å²) in [5, 5.41) is 0.560. The van der Waals surface area contributed by atoms with E-state index >= 15 is 0 Å². The Labute approximate surface area is 111 Å². The zero-order valence-corrected chi connectivity index (χ0v) is 10.4. The Bertz CT molecular complexity index is 862. The highest BCUT2D eigenvalue weighted by molar-refractivity contribution is 6.30. The van der Waals surface area contributed by atoms with Gasteiger partial charge >= 0.3 is 5.69 Å². The van der Waals surface area contributed by atoms with Crippen molar-refractivity contribution in [1.82, 2.24) is 19.5 Å². The molecule has 7 heteroatoms. The number of fused-ring (bicyclic) bond motifs is 1. The number of hydrogen-bond acceptors (Lipinski definition) is 3. The number of nitrogens with zero attached hydrogens (tertiary/aromatic N) is 2. The van der Waals surface area contributed by atoms with E-state index in [2.05, 4.69) is 15.0 Å². The fourth-order valence-electron chi connectivity index (χ4n) is 1.91. The van der Waals surface area contributed by atoms with Gasteiger partial charge in [0.05, 0.1) is 12.9 Å². The van der Waals surface area contributed by atoms with E-state index in [-0.39, 0.29) is 17.7 Å². The fourth-order valence-corrected chi connectivity index (χ4v) is 2.12. The average Bonchev–Trinajstić information content (AvgIpc) is 2.83. The highest BCUT2D eigenvalue weighted by Crippen LogP contribution is 2.10. The molecule has 96 valence electrons. The zero-order chi connectivity index (χ0) is 13.4. The molecule has 0 fully saturated rings. The van der Waals surface area contributed by atoms with Crippen molar-refractivity contribution in [3.8, 4) is 0 Å². The maximum absolute atomic E-state index is 12.1. The number of benzene rings is 1. The van der Waals surface area contributed by atoms with E-state index in [4.69, 9.17) is 11.6 Å². The molecule has 0 unspecified atom stereocenters. The second-order valence-corrected chi connectivity index (χ2v) is 4.51. The van der Waals surface area contributed by atoms with E-state index in [1.165, 1.54) is 6.33 Å². The summed E-state index contributed by atoms with van der Waals surface area (Å²) in [4.78, 5) is 33.1. The number of nitrogens with one attached hydrogen (secondary N) is 2. The molecule has 0 amide bonds. The van der Waals surface area contributed by atoms with E-state index in [1.54, 1.807) is 24.3 Å². The monoisotopic (exact) mass is 276 g/mol. The molecule has 0 saturated heterocycles. The molecule has 3 rings (SSSR count). The van der Waals surface area contributed by atoms with Gasteiger partial charge in [0, 0.05) is 5.02 Å². The Morgan fingerprint density at radius 1 is 1.32 bits per heavy atom. The highest BCUT2D eigenvalue weighted by atomic mass is 35.5. The Balaban J connectivity index is 2.15. The topological polar surface area (TPSA) is 83.5 Å². The average molecular weight is 277 g/mol. The third-order valence-electron chi connectivity index (χ3n) is 2.80. The number of aromatic amines is 2. The summed E-state index contributed by atoms with van der Waals surface area (Å²) in [7, 11) is 0. The summed E-state index contributed by atoms with van der Waals surface area (Å²) in [6, 6.07) is 7.02. The van der Waals surface area contributed by atoms with E-state index in [0.717, 1.165) is 10.1 Å². The lowest BCUT2D eigenvalue weighted by atomic mass is 10.2. The van der Waals surface area contributed by atoms with Crippen LogP contribution in [0.25, 0.3) is 11.2 Å². The number of aromatic nitrogens is 4. The summed E-state index contributed by atoms with van der Waals surface area (Å²) in [5.41, 5.74) is 0.415. The molecule has 0 radical (unpaired) electrons. The standard InChI is InChI=1S/C12H9ClN4O2/c13-8-3-1-2-7(4-8)5-17-11(18)9-10(15-6-14-9)16-12(17)19/h1-4,6H,5H2,(H,14,15)(H,16,19). The van der Waals surface area contributed by atoms with Crippen LogP contribution in [0.4, 0.5) is 0 Å². The molecule has 19 heavy (non-hydrogen) atoms. The van der Waals surface area contributed by atoms with E-state index < -0.39 is 11.2 Å². The van der Waals surface area contributed by atoms with Crippen molar-refractivity contribution >= 4 is 22.8 Å². The van der Waals surface area contributed by atoms with Crippen molar-refractivity contribution < 1.29 is 0 Å². The molecule has 0 aliphatic heterocycles. The van der Waals surface area contributed by atoms with Crippen LogP contribution < -0.4 is 11.2 Å². The van der Waals surface area contributed by atoms with Gasteiger partial charge in [0.25, 0.3) is 5.56 Å². The van der Waals surface area contributed by atoms with Gasteiger partial charge in [-0.3, -0.25) is 14.3 Å². The molecule has 0 bridgehead atoms. The first-order valence-corrected chi connectivity index (χ1v) is 5.93. The quantitative estimate of drug-likeness (QED) is 0.735. The largest absolute Gasteiger partial charge is 0.339 e. The summed E-state index contributed by atoms with van der Waals surface area (Å²) in [6.07, 6.45) is 1.37. The first-order valence-electron chi connectivity index (χ1n) is 5.56. The summed E-state index contributed by atoms with van der Waals surface area (Å²) >= 11 is 5.88. The Morgan fingerprint density at radius 3 is 2.95 bits per heavy atom. The Kier molecular flexibility index (Phi) is 2.72. The van der Waals surface area contributed by atoms with Gasteiger partial charge in [-0.1, -0.05) is 23.7 Å². The van der Waals surface area contributed by atoms with Crippen molar-refractivity contribution in [2.75, 3.05) is 0 Å². The van der Waals surface area contributed by atoms with Gasteiger partial charge in [0.2, 0.25) is 0 Å². The van der Waals surface area contributed by atoms with Crippen molar-refractivity contribution in [2.45, 2.75) is 6.54 Å². The fraction of sp³-hybridized carbons (Fsp3) is 0.0833. The van der Waals surface area contributed by atoms with Crippen molar-refractivity contribution in [2.24, 2.45) is 0 Å². The lowest BCUT2D eigenvalue weighted by Gasteiger charge is -2.04. The van der Waals surface area contributed by atoms with Crippen LogP contribution >= 0.6 is 11.6 Å². The van der Waals surface area contributed by atoms with Crippen LogP contribution in [0.2, 0.25) is 5.02 Å². The molecule has 1 aromatic carbocycles. The molecule has 3 aromatic rings. The highest BCUT2D eigenvalue weighted by Gasteiger charge is 2.09. The minimum Gasteiger partial charge on any atom is -0.339 e. The third-order valence-corrected chi connectivity index (χ3v) is 3.03. The lowest BCUT2D eigenvalue weighted by molar-refractivity contribution is 0.709. The van der Waals surface area contributed by atoms with Gasteiger partial charge in [-0.2, -0.15) is 0 Å². The third kappa shape index (κ3) is 2.06. The number of hydrogen-bond donors (Lipinski definition) is 2. The minimum atomic E-state index is -0.496.